The minimum absolute atomic E-state index is 0.00426. The van der Waals surface area contributed by atoms with Gasteiger partial charge in [0, 0.05) is 5.56 Å². The molecule has 0 unspecified atom stereocenters. The van der Waals surface area contributed by atoms with E-state index in [9.17, 15) is 8.42 Å². The maximum Gasteiger partial charge on any atom is 0.452 e. The highest BCUT2D eigenvalue weighted by atomic mass is 35.5. The van der Waals surface area contributed by atoms with Crippen molar-refractivity contribution in [2.75, 3.05) is 5.75 Å². The molecule has 3 N–H and O–H groups in total. The monoisotopic (exact) mass is 316 g/mol. The third-order valence-corrected chi connectivity index (χ3v) is 4.59. The van der Waals surface area contributed by atoms with Gasteiger partial charge in [-0.05, 0) is 29.7 Å². The van der Waals surface area contributed by atoms with Crippen molar-refractivity contribution in [1.29, 1.82) is 0 Å². The van der Waals surface area contributed by atoms with Crippen molar-refractivity contribution in [3.8, 4) is 11.4 Å². The number of aromatic nitrogens is 4. The summed E-state index contributed by atoms with van der Waals surface area (Å²) in [5, 5.41) is 30.8. The van der Waals surface area contributed by atoms with Gasteiger partial charge in [-0.3, -0.25) is 0 Å². The Kier molecular flexibility index (Phi) is 4.38. The molecule has 1 heterocycles. The standard InChI is InChI=1S/C9H10BClN4O4S/c11-8-5-6(20(18,19)4-3-10(16)17)1-2-7(8)9-12-14-15-13-9/h1-2,5,16-17H,3-4H2,(H,12,13,14,15). The SMILES string of the molecule is O=S(=O)(CCB(O)O)c1ccc(-c2nn[nH]n2)c(Cl)c1. The van der Waals surface area contributed by atoms with Gasteiger partial charge in [-0.15, -0.1) is 10.2 Å². The van der Waals surface area contributed by atoms with E-state index in [-0.39, 0.29) is 27.8 Å². The summed E-state index contributed by atoms with van der Waals surface area (Å²) < 4.78 is 23.9. The van der Waals surface area contributed by atoms with Crippen molar-refractivity contribution >= 4 is 28.6 Å². The molecule has 8 nitrogen and oxygen atoms in total. The molecule has 0 saturated carbocycles. The topological polar surface area (TPSA) is 129 Å². The van der Waals surface area contributed by atoms with Crippen LogP contribution in [0.25, 0.3) is 11.4 Å². The number of H-pyrrole nitrogens is 1. The van der Waals surface area contributed by atoms with Crippen LogP contribution in [0.4, 0.5) is 0 Å². The Balaban J connectivity index is 2.29. The maximum atomic E-state index is 12.0. The summed E-state index contributed by atoms with van der Waals surface area (Å²) >= 11 is 6.00. The second-order valence-electron chi connectivity index (χ2n) is 3.97. The molecule has 11 heteroatoms. The molecule has 2 aromatic rings. The Hall–Kier alpha value is -1.49. The van der Waals surface area contributed by atoms with E-state index in [1.54, 1.807) is 0 Å². The summed E-state index contributed by atoms with van der Waals surface area (Å²) in [5.41, 5.74) is 0.446. The predicted octanol–water partition coefficient (Wildman–Crippen LogP) is -0.233. The second kappa shape index (κ2) is 5.88. The summed E-state index contributed by atoms with van der Waals surface area (Å²) in [4.78, 5) is -0.00426. The Bertz CT molecular complexity index is 692. The van der Waals surface area contributed by atoms with Crippen molar-refractivity contribution in [2.45, 2.75) is 11.2 Å². The largest absolute Gasteiger partial charge is 0.452 e. The summed E-state index contributed by atoms with van der Waals surface area (Å²) in [6.07, 6.45) is -0.271. The molecule has 0 bridgehead atoms. The number of nitrogens with one attached hydrogen (secondary N) is 1. The molecular weight excluding hydrogens is 306 g/mol. The van der Waals surface area contributed by atoms with Crippen LogP contribution in [0.2, 0.25) is 11.3 Å². The van der Waals surface area contributed by atoms with E-state index >= 15 is 0 Å². The number of aromatic amines is 1. The van der Waals surface area contributed by atoms with Crippen LogP contribution in [0.5, 0.6) is 0 Å². The summed E-state index contributed by atoms with van der Waals surface area (Å²) in [6, 6.07) is 4.10. The van der Waals surface area contributed by atoms with Crippen LogP contribution in [-0.2, 0) is 9.84 Å². The highest BCUT2D eigenvalue weighted by molar-refractivity contribution is 7.91. The molecule has 1 aromatic heterocycles. The average molecular weight is 317 g/mol. The van der Waals surface area contributed by atoms with Gasteiger partial charge < -0.3 is 10.0 Å². The van der Waals surface area contributed by atoms with Gasteiger partial charge in [-0.2, -0.15) is 5.21 Å². The number of halogens is 1. The van der Waals surface area contributed by atoms with Gasteiger partial charge in [0.25, 0.3) is 0 Å². The first-order valence-electron chi connectivity index (χ1n) is 5.52. The molecule has 106 valence electrons. The van der Waals surface area contributed by atoms with Crippen LogP contribution in [-0.4, -0.2) is 52.0 Å². The summed E-state index contributed by atoms with van der Waals surface area (Å²) in [5.74, 6) is -0.132. The molecule has 1 aromatic carbocycles. The van der Waals surface area contributed by atoms with E-state index < -0.39 is 17.0 Å². The van der Waals surface area contributed by atoms with Crippen LogP contribution in [0, 0.1) is 0 Å². The van der Waals surface area contributed by atoms with Crippen LogP contribution in [0.3, 0.4) is 0 Å². The molecule has 0 aliphatic carbocycles. The lowest BCUT2D eigenvalue weighted by atomic mass is 9.88. The molecule has 0 atom stereocenters. The van der Waals surface area contributed by atoms with Gasteiger partial charge >= 0.3 is 7.12 Å². The lowest BCUT2D eigenvalue weighted by Crippen LogP contribution is -2.17. The lowest BCUT2D eigenvalue weighted by molar-refractivity contribution is 0.408. The van der Waals surface area contributed by atoms with Crippen molar-refractivity contribution in [2.24, 2.45) is 0 Å². The molecular formula is C9H10BClN4O4S. The number of benzene rings is 1. The van der Waals surface area contributed by atoms with E-state index in [0.717, 1.165) is 0 Å². The van der Waals surface area contributed by atoms with Gasteiger partial charge in [0.2, 0.25) is 5.82 Å². The smallest absolute Gasteiger partial charge is 0.427 e. The second-order valence-corrected chi connectivity index (χ2v) is 6.48. The summed E-state index contributed by atoms with van der Waals surface area (Å²) in [6.45, 7) is 0. The molecule has 0 amide bonds. The predicted molar refractivity (Wildman–Crippen MR) is 71.7 cm³/mol. The molecule has 0 aliphatic rings. The number of hydrogen-bond donors (Lipinski definition) is 3. The first-order valence-corrected chi connectivity index (χ1v) is 7.55. The highest BCUT2D eigenvalue weighted by Gasteiger charge is 2.20. The average Bonchev–Trinajstić information content (AvgIpc) is 2.90. The minimum atomic E-state index is -3.63. The van der Waals surface area contributed by atoms with Gasteiger partial charge in [-0.1, -0.05) is 11.6 Å². The Morgan fingerprint density at radius 3 is 2.65 bits per heavy atom. The third kappa shape index (κ3) is 3.34. The van der Waals surface area contributed by atoms with Gasteiger partial charge in [0.05, 0.1) is 15.7 Å². The van der Waals surface area contributed by atoms with Gasteiger partial charge in [0.1, 0.15) is 0 Å². The van der Waals surface area contributed by atoms with E-state index in [1.807, 2.05) is 0 Å². The van der Waals surface area contributed by atoms with Gasteiger partial charge in [0.15, 0.2) is 9.84 Å². The van der Waals surface area contributed by atoms with Crippen LogP contribution >= 0.6 is 11.6 Å². The number of nitrogens with zero attached hydrogens (tertiary/aromatic N) is 3. The van der Waals surface area contributed by atoms with Crippen molar-refractivity contribution in [3.63, 3.8) is 0 Å². The number of hydrogen-bond acceptors (Lipinski definition) is 7. The number of tetrazole rings is 1. The van der Waals surface area contributed by atoms with Crippen molar-refractivity contribution in [3.05, 3.63) is 23.2 Å². The first-order chi connectivity index (χ1) is 9.40. The molecule has 2 rings (SSSR count). The third-order valence-electron chi connectivity index (χ3n) is 2.53. The lowest BCUT2D eigenvalue weighted by Gasteiger charge is -2.06. The Morgan fingerprint density at radius 2 is 2.10 bits per heavy atom. The van der Waals surface area contributed by atoms with Crippen LogP contribution in [0.1, 0.15) is 0 Å². The Morgan fingerprint density at radius 1 is 1.35 bits per heavy atom. The van der Waals surface area contributed by atoms with Crippen molar-refractivity contribution < 1.29 is 18.5 Å². The van der Waals surface area contributed by atoms with E-state index in [4.69, 9.17) is 21.6 Å². The number of sulfone groups is 1. The van der Waals surface area contributed by atoms with Crippen LogP contribution < -0.4 is 0 Å². The zero-order valence-electron chi connectivity index (χ0n) is 10.1. The number of rotatable bonds is 5. The Labute approximate surface area is 119 Å². The summed E-state index contributed by atoms with van der Waals surface area (Å²) in [7, 11) is -5.30. The highest BCUT2D eigenvalue weighted by Crippen LogP contribution is 2.27. The zero-order valence-corrected chi connectivity index (χ0v) is 11.6. The molecule has 20 heavy (non-hydrogen) atoms. The zero-order chi connectivity index (χ0) is 14.8. The van der Waals surface area contributed by atoms with E-state index in [2.05, 4.69) is 20.6 Å². The fourth-order valence-corrected chi connectivity index (χ4v) is 3.18. The van der Waals surface area contributed by atoms with Crippen molar-refractivity contribution in [1.82, 2.24) is 20.6 Å². The molecule has 0 fully saturated rings. The quantitative estimate of drug-likeness (QED) is 0.649. The molecule has 0 spiro atoms. The first kappa shape index (κ1) is 14.9. The molecule has 0 saturated heterocycles. The molecule has 0 aliphatic heterocycles. The fourth-order valence-electron chi connectivity index (χ4n) is 1.52. The van der Waals surface area contributed by atoms with E-state index in [1.165, 1.54) is 18.2 Å². The normalized spacial score (nSPS) is 11.6. The maximum absolute atomic E-state index is 12.0. The van der Waals surface area contributed by atoms with Crippen LogP contribution in [0.15, 0.2) is 23.1 Å². The molecule has 0 radical (unpaired) electrons. The minimum Gasteiger partial charge on any atom is -0.427 e. The van der Waals surface area contributed by atoms with Gasteiger partial charge in [-0.25, -0.2) is 8.42 Å². The fraction of sp³-hybridized carbons (Fsp3) is 0.222. The van der Waals surface area contributed by atoms with E-state index in [0.29, 0.717) is 5.56 Å².